The van der Waals surface area contributed by atoms with E-state index in [1.54, 1.807) is 0 Å². The summed E-state index contributed by atoms with van der Waals surface area (Å²) >= 11 is 3.45. The summed E-state index contributed by atoms with van der Waals surface area (Å²) in [5, 5.41) is 6.43. The summed E-state index contributed by atoms with van der Waals surface area (Å²) in [5.74, 6) is 0.849. The second-order valence-electron chi connectivity index (χ2n) is 6.57. The van der Waals surface area contributed by atoms with E-state index in [9.17, 15) is 4.79 Å². The molecule has 1 unspecified atom stereocenters. The molecular weight excluding hydrogens is 328 g/mol. The van der Waals surface area contributed by atoms with Gasteiger partial charge in [-0.1, -0.05) is 41.9 Å². The van der Waals surface area contributed by atoms with Gasteiger partial charge in [0.15, 0.2) is 0 Å². The predicted octanol–water partition coefficient (Wildman–Crippen LogP) is 3.23. The van der Waals surface area contributed by atoms with Gasteiger partial charge in [0.1, 0.15) is 0 Å². The number of hydrogen-bond acceptors (Lipinski definition) is 2. The Bertz CT molecular complexity index is 464. The highest BCUT2D eigenvalue weighted by atomic mass is 79.9. The van der Waals surface area contributed by atoms with E-state index in [0.29, 0.717) is 18.9 Å². The van der Waals surface area contributed by atoms with Crippen LogP contribution in [0.15, 0.2) is 28.7 Å². The number of rotatable bonds is 6. The summed E-state index contributed by atoms with van der Waals surface area (Å²) in [6.45, 7) is 7.17. The van der Waals surface area contributed by atoms with E-state index in [0.717, 1.165) is 24.0 Å². The maximum Gasteiger partial charge on any atom is 0.220 e. The molecule has 4 heteroatoms. The SMILES string of the molecule is CC(C)(CNC(=O)CCC1CCNC1)c1ccc(Br)cc1. The van der Waals surface area contributed by atoms with Gasteiger partial charge in [0.2, 0.25) is 5.91 Å². The van der Waals surface area contributed by atoms with Crippen LogP contribution in [-0.2, 0) is 10.2 Å². The summed E-state index contributed by atoms with van der Waals surface area (Å²) in [5.41, 5.74) is 1.19. The van der Waals surface area contributed by atoms with Crippen LogP contribution in [0.4, 0.5) is 0 Å². The molecule has 1 heterocycles. The molecule has 2 rings (SSSR count). The lowest BCUT2D eigenvalue weighted by atomic mass is 9.84. The smallest absolute Gasteiger partial charge is 0.220 e. The normalized spacial score (nSPS) is 18.7. The molecule has 0 radical (unpaired) electrons. The zero-order valence-electron chi connectivity index (χ0n) is 12.9. The standard InChI is InChI=1S/C17H25BrN2O/c1-17(2,14-4-6-15(18)7-5-14)12-20-16(21)8-3-13-9-10-19-11-13/h4-7,13,19H,3,8-12H2,1-2H3,(H,20,21). The highest BCUT2D eigenvalue weighted by Gasteiger charge is 2.22. The summed E-state index contributed by atoms with van der Waals surface area (Å²) in [6, 6.07) is 8.32. The van der Waals surface area contributed by atoms with Crippen LogP contribution in [0.5, 0.6) is 0 Å². The molecule has 1 aromatic carbocycles. The van der Waals surface area contributed by atoms with Gasteiger partial charge in [-0.3, -0.25) is 4.79 Å². The molecule has 0 aromatic heterocycles. The molecule has 1 aliphatic heterocycles. The Hall–Kier alpha value is -0.870. The summed E-state index contributed by atoms with van der Waals surface area (Å²) in [4.78, 5) is 12.0. The molecule has 2 N–H and O–H groups in total. The van der Waals surface area contributed by atoms with Crippen LogP contribution in [0, 0.1) is 5.92 Å². The molecule has 0 bridgehead atoms. The molecule has 3 nitrogen and oxygen atoms in total. The van der Waals surface area contributed by atoms with E-state index in [2.05, 4.69) is 52.5 Å². The molecule has 116 valence electrons. The quantitative estimate of drug-likeness (QED) is 0.825. The number of nitrogens with one attached hydrogen (secondary N) is 2. The fourth-order valence-corrected chi connectivity index (χ4v) is 2.97. The van der Waals surface area contributed by atoms with E-state index in [1.807, 2.05) is 12.1 Å². The monoisotopic (exact) mass is 352 g/mol. The van der Waals surface area contributed by atoms with Crippen molar-refractivity contribution in [3.8, 4) is 0 Å². The highest BCUT2D eigenvalue weighted by Crippen LogP contribution is 2.24. The molecule has 1 amide bonds. The first-order valence-electron chi connectivity index (χ1n) is 7.71. The lowest BCUT2D eigenvalue weighted by Gasteiger charge is -2.26. The van der Waals surface area contributed by atoms with Gasteiger partial charge in [-0.2, -0.15) is 0 Å². The maximum absolute atomic E-state index is 12.0. The third kappa shape index (κ3) is 5.11. The molecule has 1 saturated heterocycles. The third-order valence-corrected chi connectivity index (χ3v) is 4.82. The first-order chi connectivity index (χ1) is 9.97. The Labute approximate surface area is 136 Å². The highest BCUT2D eigenvalue weighted by molar-refractivity contribution is 9.10. The summed E-state index contributed by atoms with van der Waals surface area (Å²) in [6.07, 6.45) is 2.85. The van der Waals surface area contributed by atoms with Gasteiger partial charge >= 0.3 is 0 Å². The fourth-order valence-electron chi connectivity index (χ4n) is 2.71. The van der Waals surface area contributed by atoms with Crippen molar-refractivity contribution in [2.75, 3.05) is 19.6 Å². The minimum absolute atomic E-state index is 0.0503. The van der Waals surface area contributed by atoms with Crippen molar-refractivity contribution in [2.45, 2.75) is 38.5 Å². The number of halogens is 1. The van der Waals surface area contributed by atoms with Gasteiger partial charge in [0.05, 0.1) is 0 Å². The van der Waals surface area contributed by atoms with E-state index in [1.165, 1.54) is 12.0 Å². The van der Waals surface area contributed by atoms with Crippen molar-refractivity contribution in [2.24, 2.45) is 5.92 Å². The van der Waals surface area contributed by atoms with E-state index < -0.39 is 0 Å². The van der Waals surface area contributed by atoms with Crippen molar-refractivity contribution >= 4 is 21.8 Å². The third-order valence-electron chi connectivity index (χ3n) is 4.30. The van der Waals surface area contributed by atoms with Crippen molar-refractivity contribution in [1.29, 1.82) is 0 Å². The number of benzene rings is 1. The summed E-state index contributed by atoms with van der Waals surface area (Å²) < 4.78 is 1.08. The number of hydrogen-bond donors (Lipinski definition) is 2. The summed E-state index contributed by atoms with van der Waals surface area (Å²) in [7, 11) is 0. The van der Waals surface area contributed by atoms with Crippen LogP contribution in [0.1, 0.15) is 38.7 Å². The van der Waals surface area contributed by atoms with Gasteiger partial charge in [-0.15, -0.1) is 0 Å². The largest absolute Gasteiger partial charge is 0.355 e. The number of amides is 1. The topological polar surface area (TPSA) is 41.1 Å². The first-order valence-corrected chi connectivity index (χ1v) is 8.50. The molecule has 0 spiro atoms. The van der Waals surface area contributed by atoms with Crippen LogP contribution >= 0.6 is 15.9 Å². The fraction of sp³-hybridized carbons (Fsp3) is 0.588. The predicted molar refractivity (Wildman–Crippen MR) is 90.4 cm³/mol. The molecule has 0 saturated carbocycles. The van der Waals surface area contributed by atoms with Crippen LogP contribution in [0.2, 0.25) is 0 Å². The second-order valence-corrected chi connectivity index (χ2v) is 7.48. The lowest BCUT2D eigenvalue weighted by Crippen LogP contribution is -2.36. The van der Waals surface area contributed by atoms with E-state index >= 15 is 0 Å². The van der Waals surface area contributed by atoms with Gasteiger partial charge in [-0.05, 0) is 49.5 Å². The van der Waals surface area contributed by atoms with E-state index in [4.69, 9.17) is 0 Å². The average Bonchev–Trinajstić information content (AvgIpc) is 2.97. The molecule has 0 aliphatic carbocycles. The molecule has 1 fully saturated rings. The zero-order chi connectivity index (χ0) is 15.3. The van der Waals surface area contributed by atoms with Crippen LogP contribution < -0.4 is 10.6 Å². The molecule has 1 aromatic rings. The molecule has 1 atom stereocenters. The zero-order valence-corrected chi connectivity index (χ0v) is 14.5. The Balaban J connectivity index is 1.77. The van der Waals surface area contributed by atoms with Crippen molar-refractivity contribution in [3.63, 3.8) is 0 Å². The number of carbonyl (C=O) groups is 1. The van der Waals surface area contributed by atoms with E-state index in [-0.39, 0.29) is 11.3 Å². The van der Waals surface area contributed by atoms with Crippen molar-refractivity contribution in [3.05, 3.63) is 34.3 Å². The Morgan fingerprint density at radius 3 is 2.71 bits per heavy atom. The lowest BCUT2D eigenvalue weighted by molar-refractivity contribution is -0.121. The van der Waals surface area contributed by atoms with Crippen molar-refractivity contribution < 1.29 is 4.79 Å². The Kier molecular flexibility index (Phi) is 5.82. The Morgan fingerprint density at radius 2 is 2.10 bits per heavy atom. The van der Waals surface area contributed by atoms with Gasteiger partial charge in [0.25, 0.3) is 0 Å². The second kappa shape index (κ2) is 7.41. The molecule has 21 heavy (non-hydrogen) atoms. The molecular formula is C17H25BrN2O. The average molecular weight is 353 g/mol. The van der Waals surface area contributed by atoms with Crippen LogP contribution in [0.3, 0.4) is 0 Å². The Morgan fingerprint density at radius 1 is 1.38 bits per heavy atom. The van der Waals surface area contributed by atoms with Gasteiger partial charge < -0.3 is 10.6 Å². The van der Waals surface area contributed by atoms with Gasteiger partial charge in [-0.25, -0.2) is 0 Å². The van der Waals surface area contributed by atoms with Crippen LogP contribution in [-0.4, -0.2) is 25.5 Å². The maximum atomic E-state index is 12.0. The first kappa shape index (κ1) is 16.5. The number of carbonyl (C=O) groups excluding carboxylic acids is 1. The van der Waals surface area contributed by atoms with Gasteiger partial charge in [0, 0.05) is 22.9 Å². The molecule has 1 aliphatic rings. The minimum Gasteiger partial charge on any atom is -0.355 e. The minimum atomic E-state index is -0.0503. The van der Waals surface area contributed by atoms with Crippen LogP contribution in [0.25, 0.3) is 0 Å². The van der Waals surface area contributed by atoms with Crippen molar-refractivity contribution in [1.82, 2.24) is 10.6 Å².